The molecule has 0 aliphatic carbocycles. The first-order valence-electron chi connectivity index (χ1n) is 12.9. The van der Waals surface area contributed by atoms with Crippen molar-refractivity contribution in [3.8, 4) is 0 Å². The van der Waals surface area contributed by atoms with Crippen molar-refractivity contribution in [2.24, 2.45) is 0 Å². The molecule has 0 aromatic heterocycles. The molecule has 3 aromatic carbocycles. The van der Waals surface area contributed by atoms with E-state index in [0.717, 1.165) is 27.3 Å². The van der Waals surface area contributed by atoms with E-state index >= 15 is 0 Å². The number of sulfonamides is 1. The molecule has 0 heterocycles. The van der Waals surface area contributed by atoms with Gasteiger partial charge < -0.3 is 10.2 Å². The van der Waals surface area contributed by atoms with E-state index in [9.17, 15) is 18.0 Å². The number of nitrogens with one attached hydrogen (secondary N) is 1. The smallest absolute Gasteiger partial charge is 0.244 e. The van der Waals surface area contributed by atoms with Crippen molar-refractivity contribution in [1.29, 1.82) is 0 Å². The van der Waals surface area contributed by atoms with Crippen molar-refractivity contribution in [3.63, 3.8) is 0 Å². The van der Waals surface area contributed by atoms with Crippen LogP contribution in [0.25, 0.3) is 0 Å². The topological polar surface area (TPSA) is 86.8 Å². The Kier molecular flexibility index (Phi) is 10.6. The predicted octanol–water partition coefficient (Wildman–Crippen LogP) is 5.54. The number of carbonyl (C=O) groups excluding carboxylic acids is 2. The number of aryl methyl sites for hydroxylation is 1. The number of amides is 2. The fourth-order valence-corrected chi connectivity index (χ4v) is 5.74. The van der Waals surface area contributed by atoms with Crippen LogP contribution in [0.3, 0.4) is 0 Å². The lowest BCUT2D eigenvalue weighted by Crippen LogP contribution is -2.54. The van der Waals surface area contributed by atoms with Crippen molar-refractivity contribution in [3.05, 3.63) is 99.0 Å². The Morgan fingerprint density at radius 2 is 1.62 bits per heavy atom. The summed E-state index contributed by atoms with van der Waals surface area (Å²) in [6, 6.07) is 18.5. The van der Waals surface area contributed by atoms with Gasteiger partial charge in [-0.3, -0.25) is 13.9 Å². The molecule has 0 spiro atoms. The van der Waals surface area contributed by atoms with Gasteiger partial charge in [0.05, 0.1) is 11.9 Å². The van der Waals surface area contributed by atoms with Gasteiger partial charge in [0, 0.05) is 29.1 Å². The Morgan fingerprint density at radius 3 is 2.23 bits per heavy atom. The number of anilines is 1. The zero-order valence-corrected chi connectivity index (χ0v) is 25.6. The molecule has 0 bridgehead atoms. The first-order chi connectivity index (χ1) is 18.8. The quantitative estimate of drug-likeness (QED) is 0.312. The molecule has 10 heteroatoms. The molecule has 40 heavy (non-hydrogen) atoms. The van der Waals surface area contributed by atoms with Crippen LogP contribution in [0.1, 0.15) is 36.1 Å². The molecule has 214 valence electrons. The van der Waals surface area contributed by atoms with Crippen molar-refractivity contribution in [2.45, 2.75) is 52.7 Å². The van der Waals surface area contributed by atoms with E-state index in [0.29, 0.717) is 21.3 Å². The number of nitrogens with zero attached hydrogens (tertiary/aromatic N) is 2. The molecule has 7 nitrogen and oxygen atoms in total. The van der Waals surface area contributed by atoms with Crippen LogP contribution in [0, 0.1) is 13.8 Å². The van der Waals surface area contributed by atoms with Crippen LogP contribution in [0.2, 0.25) is 10.0 Å². The van der Waals surface area contributed by atoms with Gasteiger partial charge >= 0.3 is 0 Å². The normalized spacial score (nSPS) is 12.2. The first-order valence-corrected chi connectivity index (χ1v) is 15.5. The van der Waals surface area contributed by atoms with Gasteiger partial charge in [-0.05, 0) is 68.1 Å². The highest BCUT2D eigenvalue weighted by molar-refractivity contribution is 7.92. The summed E-state index contributed by atoms with van der Waals surface area (Å²) in [6.07, 6.45) is 1.29. The second-order valence-electron chi connectivity index (χ2n) is 10.1. The third-order valence-electron chi connectivity index (χ3n) is 6.58. The standard InChI is InChI=1S/C30H35Cl2N3O4S/c1-20(2)33-30(37)28(16-23-11-7-6-8-12-23)34(18-24-14-15-25(31)17-26(24)32)29(36)19-35(40(5,38)39)27-13-9-10-21(3)22(27)4/h6-15,17,20,28H,16,18-19H2,1-5H3,(H,33,37)/t28-/m0/s1. The second-order valence-corrected chi connectivity index (χ2v) is 12.9. The van der Waals surface area contributed by atoms with Gasteiger partial charge in [-0.25, -0.2) is 8.42 Å². The van der Waals surface area contributed by atoms with E-state index in [1.807, 2.05) is 64.1 Å². The van der Waals surface area contributed by atoms with E-state index in [4.69, 9.17) is 23.2 Å². The van der Waals surface area contributed by atoms with Gasteiger partial charge in [0.15, 0.2) is 0 Å². The SMILES string of the molecule is Cc1cccc(N(CC(=O)N(Cc2ccc(Cl)cc2Cl)[C@@H](Cc2ccccc2)C(=O)NC(C)C)S(C)(=O)=O)c1C. The zero-order valence-electron chi connectivity index (χ0n) is 23.3. The number of hydrogen-bond acceptors (Lipinski definition) is 4. The highest BCUT2D eigenvalue weighted by atomic mass is 35.5. The highest BCUT2D eigenvalue weighted by Crippen LogP contribution is 2.27. The Labute approximate surface area is 247 Å². The third-order valence-corrected chi connectivity index (χ3v) is 8.30. The summed E-state index contributed by atoms with van der Waals surface area (Å²) in [6.45, 7) is 6.85. The number of carbonyl (C=O) groups is 2. The zero-order chi connectivity index (χ0) is 29.6. The summed E-state index contributed by atoms with van der Waals surface area (Å²) in [4.78, 5) is 29.1. The Morgan fingerprint density at radius 1 is 0.950 bits per heavy atom. The van der Waals surface area contributed by atoms with E-state index in [1.54, 1.807) is 30.3 Å². The summed E-state index contributed by atoms with van der Waals surface area (Å²) >= 11 is 12.6. The van der Waals surface area contributed by atoms with E-state index in [1.165, 1.54) is 4.90 Å². The molecular formula is C30H35Cl2N3O4S. The van der Waals surface area contributed by atoms with Crippen molar-refractivity contribution in [1.82, 2.24) is 10.2 Å². The molecule has 3 aromatic rings. The Hall–Kier alpha value is -3.07. The minimum absolute atomic E-state index is 0.0255. The number of rotatable bonds is 11. The maximum Gasteiger partial charge on any atom is 0.244 e. The molecule has 1 atom stereocenters. The Bertz CT molecular complexity index is 1460. The highest BCUT2D eigenvalue weighted by Gasteiger charge is 2.34. The summed E-state index contributed by atoms with van der Waals surface area (Å²) in [7, 11) is -3.85. The molecule has 3 rings (SSSR count). The van der Waals surface area contributed by atoms with Gasteiger partial charge in [0.25, 0.3) is 0 Å². The van der Waals surface area contributed by atoms with Crippen molar-refractivity contribution in [2.75, 3.05) is 17.1 Å². The van der Waals surface area contributed by atoms with Crippen LogP contribution >= 0.6 is 23.2 Å². The maximum absolute atomic E-state index is 14.1. The molecule has 0 unspecified atom stereocenters. The van der Waals surface area contributed by atoms with Gasteiger partial charge in [-0.2, -0.15) is 0 Å². The van der Waals surface area contributed by atoms with Crippen molar-refractivity contribution >= 4 is 50.7 Å². The van der Waals surface area contributed by atoms with Gasteiger partial charge in [-0.15, -0.1) is 0 Å². The number of halogens is 2. The summed E-state index contributed by atoms with van der Waals surface area (Å²) < 4.78 is 27.1. The van der Waals surface area contributed by atoms with Gasteiger partial charge in [-0.1, -0.05) is 71.7 Å². The molecular weight excluding hydrogens is 569 g/mol. The fraction of sp³-hybridized carbons (Fsp3) is 0.333. The van der Waals surface area contributed by atoms with Gasteiger partial charge in [0.2, 0.25) is 21.8 Å². The van der Waals surface area contributed by atoms with Crippen LogP contribution in [-0.2, 0) is 32.6 Å². The third kappa shape index (κ3) is 8.22. The molecule has 0 saturated carbocycles. The monoisotopic (exact) mass is 603 g/mol. The molecule has 1 N–H and O–H groups in total. The van der Waals surface area contributed by atoms with Crippen LogP contribution in [0.5, 0.6) is 0 Å². The summed E-state index contributed by atoms with van der Waals surface area (Å²) in [5.41, 5.74) is 3.47. The Balaban J connectivity index is 2.11. The van der Waals surface area contributed by atoms with Crippen LogP contribution in [0.15, 0.2) is 66.7 Å². The minimum atomic E-state index is -3.85. The van der Waals surface area contributed by atoms with E-state index < -0.39 is 28.5 Å². The van der Waals surface area contributed by atoms with Crippen LogP contribution < -0.4 is 9.62 Å². The first kappa shape index (κ1) is 31.5. The van der Waals surface area contributed by atoms with Crippen LogP contribution in [0.4, 0.5) is 5.69 Å². The number of benzene rings is 3. The average molecular weight is 605 g/mol. The van der Waals surface area contributed by atoms with Gasteiger partial charge in [0.1, 0.15) is 12.6 Å². The van der Waals surface area contributed by atoms with E-state index in [-0.39, 0.29) is 24.9 Å². The molecule has 0 saturated heterocycles. The predicted molar refractivity (Wildman–Crippen MR) is 162 cm³/mol. The van der Waals surface area contributed by atoms with Crippen molar-refractivity contribution < 1.29 is 18.0 Å². The van der Waals surface area contributed by atoms with E-state index in [2.05, 4.69) is 5.32 Å². The van der Waals surface area contributed by atoms with Crippen LogP contribution in [-0.4, -0.2) is 50.0 Å². The summed E-state index contributed by atoms with van der Waals surface area (Å²) in [5, 5.41) is 3.69. The molecule has 0 aliphatic heterocycles. The second kappa shape index (κ2) is 13.5. The largest absolute Gasteiger partial charge is 0.352 e. The lowest BCUT2D eigenvalue weighted by molar-refractivity contribution is -0.140. The fourth-order valence-electron chi connectivity index (χ4n) is 4.37. The molecule has 2 amide bonds. The lowest BCUT2D eigenvalue weighted by Gasteiger charge is -2.34. The number of hydrogen-bond donors (Lipinski definition) is 1. The molecule has 0 aliphatic rings. The summed E-state index contributed by atoms with van der Waals surface area (Å²) in [5.74, 6) is -0.896. The lowest BCUT2D eigenvalue weighted by atomic mass is 10.0. The molecule has 0 radical (unpaired) electrons. The average Bonchev–Trinajstić information content (AvgIpc) is 2.87. The molecule has 0 fully saturated rings. The minimum Gasteiger partial charge on any atom is -0.352 e. The maximum atomic E-state index is 14.1.